The summed E-state index contributed by atoms with van der Waals surface area (Å²) in [5.41, 5.74) is 1.68. The number of para-hydroxylation sites is 1. The molecule has 0 bridgehead atoms. The number of aromatic nitrogens is 1. The summed E-state index contributed by atoms with van der Waals surface area (Å²) in [7, 11) is 0. The topological polar surface area (TPSA) is 62.7 Å². The van der Waals surface area contributed by atoms with Crippen LogP contribution in [0.3, 0.4) is 0 Å². The second-order valence-electron chi connectivity index (χ2n) is 8.39. The predicted octanol–water partition coefficient (Wildman–Crippen LogP) is 3.90. The summed E-state index contributed by atoms with van der Waals surface area (Å²) in [4.78, 5) is 33.8. The minimum atomic E-state index is -0.0262. The van der Waals surface area contributed by atoms with E-state index in [4.69, 9.17) is 4.74 Å². The maximum atomic E-state index is 12.8. The maximum Gasteiger partial charge on any atom is 0.246 e. The Bertz CT molecular complexity index is 958. The molecule has 2 aliphatic heterocycles. The van der Waals surface area contributed by atoms with E-state index in [0.717, 1.165) is 61.7 Å². The molecule has 2 aromatic rings. The first-order chi connectivity index (χ1) is 15.2. The van der Waals surface area contributed by atoms with Gasteiger partial charge >= 0.3 is 0 Å². The summed E-state index contributed by atoms with van der Waals surface area (Å²) < 4.78 is 5.83. The lowest BCUT2D eigenvalue weighted by Gasteiger charge is -2.32. The zero-order valence-corrected chi connectivity index (χ0v) is 18.3. The van der Waals surface area contributed by atoms with Gasteiger partial charge in [0.05, 0.1) is 12.1 Å². The highest BCUT2D eigenvalue weighted by Gasteiger charge is 2.30. The number of ether oxygens (including phenoxy) is 1. The number of fused-ring (bicyclic) bond motifs is 1. The molecule has 6 nitrogen and oxygen atoms in total. The fraction of sp³-hybridized carbons (Fsp3) is 0.480. The van der Waals surface area contributed by atoms with Crippen molar-refractivity contribution in [2.45, 2.75) is 39.0 Å². The third kappa shape index (κ3) is 5.06. The lowest BCUT2D eigenvalue weighted by molar-refractivity contribution is -0.138. The molecule has 1 aromatic carbocycles. The quantitative estimate of drug-likeness (QED) is 0.664. The predicted molar refractivity (Wildman–Crippen MR) is 122 cm³/mol. The standard InChI is InChI=1S/C25H31N3O3/c1-2-17-31-24-21(18-20-7-3-4-8-22(20)26-24)9-10-23(29)27-15-11-19(12-16-27)25(30)28-13-5-6-14-28/h3-4,7-10,18-19H,2,5-6,11-17H2,1H3/b10-9+. The number of amides is 2. The number of piperidine rings is 1. The van der Waals surface area contributed by atoms with Gasteiger partial charge in [-0.1, -0.05) is 25.1 Å². The summed E-state index contributed by atoms with van der Waals surface area (Å²) >= 11 is 0. The average Bonchev–Trinajstić information content (AvgIpc) is 3.35. The van der Waals surface area contributed by atoms with Crippen molar-refractivity contribution in [3.63, 3.8) is 0 Å². The molecular formula is C25H31N3O3. The Morgan fingerprint density at radius 2 is 1.84 bits per heavy atom. The van der Waals surface area contributed by atoms with E-state index in [2.05, 4.69) is 11.9 Å². The summed E-state index contributed by atoms with van der Waals surface area (Å²) in [6.07, 6.45) is 8.01. The highest BCUT2D eigenvalue weighted by Crippen LogP contribution is 2.25. The normalized spacial score (nSPS) is 17.6. The zero-order chi connectivity index (χ0) is 21.6. The number of hydrogen-bond donors (Lipinski definition) is 0. The molecule has 0 N–H and O–H groups in total. The molecule has 0 radical (unpaired) electrons. The minimum Gasteiger partial charge on any atom is -0.477 e. The van der Waals surface area contributed by atoms with E-state index in [1.165, 1.54) is 0 Å². The number of nitrogens with zero attached hydrogens (tertiary/aromatic N) is 3. The molecule has 2 aliphatic rings. The van der Waals surface area contributed by atoms with Crippen LogP contribution >= 0.6 is 0 Å². The molecule has 0 aliphatic carbocycles. The number of carbonyl (C=O) groups is 2. The molecule has 3 heterocycles. The molecule has 0 unspecified atom stereocenters. The van der Waals surface area contributed by atoms with E-state index in [0.29, 0.717) is 25.6 Å². The van der Waals surface area contributed by atoms with Gasteiger partial charge in [-0.15, -0.1) is 0 Å². The van der Waals surface area contributed by atoms with Crippen LogP contribution in [0.1, 0.15) is 44.6 Å². The molecule has 1 aromatic heterocycles. The maximum absolute atomic E-state index is 12.8. The average molecular weight is 422 g/mol. The molecule has 6 heteroatoms. The van der Waals surface area contributed by atoms with Crippen molar-refractivity contribution in [3.8, 4) is 5.88 Å². The molecule has 2 amide bonds. The van der Waals surface area contributed by atoms with Crippen molar-refractivity contribution in [3.05, 3.63) is 42.0 Å². The molecule has 0 spiro atoms. The van der Waals surface area contributed by atoms with Gasteiger partial charge in [0.25, 0.3) is 0 Å². The molecular weight excluding hydrogens is 390 g/mol. The number of rotatable bonds is 6. The van der Waals surface area contributed by atoms with Crippen LogP contribution in [0.5, 0.6) is 5.88 Å². The Labute approximate surface area is 183 Å². The number of carbonyl (C=O) groups excluding carboxylic acids is 2. The largest absolute Gasteiger partial charge is 0.477 e. The van der Waals surface area contributed by atoms with Gasteiger partial charge in [0.2, 0.25) is 17.7 Å². The van der Waals surface area contributed by atoms with E-state index in [-0.39, 0.29) is 17.7 Å². The van der Waals surface area contributed by atoms with E-state index >= 15 is 0 Å². The fourth-order valence-electron chi connectivity index (χ4n) is 4.36. The molecule has 164 valence electrons. The Balaban J connectivity index is 1.40. The minimum absolute atomic E-state index is 0.0262. The van der Waals surface area contributed by atoms with Crippen LogP contribution in [-0.2, 0) is 9.59 Å². The monoisotopic (exact) mass is 421 g/mol. The SMILES string of the molecule is CCCOc1nc2ccccc2cc1/C=C/C(=O)N1CCC(C(=O)N2CCCC2)CC1. The van der Waals surface area contributed by atoms with Gasteiger partial charge in [0.1, 0.15) is 0 Å². The molecule has 31 heavy (non-hydrogen) atoms. The van der Waals surface area contributed by atoms with Gasteiger partial charge in [-0.25, -0.2) is 4.98 Å². The number of hydrogen-bond acceptors (Lipinski definition) is 4. The smallest absolute Gasteiger partial charge is 0.246 e. The zero-order valence-electron chi connectivity index (χ0n) is 18.3. The van der Waals surface area contributed by atoms with Crippen LogP contribution < -0.4 is 4.74 Å². The first kappa shape index (κ1) is 21.3. The summed E-state index contributed by atoms with van der Waals surface area (Å²) in [5.74, 6) is 0.867. The highest BCUT2D eigenvalue weighted by atomic mass is 16.5. The Kier molecular flexibility index (Phi) is 6.85. The molecule has 2 fully saturated rings. The van der Waals surface area contributed by atoms with E-state index < -0.39 is 0 Å². The number of benzene rings is 1. The second kappa shape index (κ2) is 9.94. The molecule has 4 rings (SSSR count). The Hall–Kier alpha value is -2.89. The van der Waals surface area contributed by atoms with Crippen molar-refractivity contribution in [1.82, 2.24) is 14.8 Å². The van der Waals surface area contributed by atoms with Crippen molar-refractivity contribution in [2.75, 3.05) is 32.8 Å². The van der Waals surface area contributed by atoms with Gasteiger partial charge in [0, 0.05) is 49.1 Å². The van der Waals surface area contributed by atoms with Crippen molar-refractivity contribution in [2.24, 2.45) is 5.92 Å². The van der Waals surface area contributed by atoms with Crippen molar-refractivity contribution >= 4 is 28.8 Å². The Morgan fingerprint density at radius 1 is 1.10 bits per heavy atom. The van der Waals surface area contributed by atoms with E-state index in [1.54, 1.807) is 12.2 Å². The van der Waals surface area contributed by atoms with Crippen molar-refractivity contribution < 1.29 is 14.3 Å². The number of pyridine rings is 1. The third-order valence-corrected chi connectivity index (χ3v) is 6.14. The molecule has 0 saturated carbocycles. The first-order valence-corrected chi connectivity index (χ1v) is 11.4. The van der Waals surface area contributed by atoms with Crippen LogP contribution in [0.2, 0.25) is 0 Å². The first-order valence-electron chi connectivity index (χ1n) is 11.4. The van der Waals surface area contributed by atoms with Crippen LogP contribution in [0.15, 0.2) is 36.4 Å². The van der Waals surface area contributed by atoms with Crippen LogP contribution in [-0.4, -0.2) is 59.4 Å². The van der Waals surface area contributed by atoms with Crippen LogP contribution in [0.4, 0.5) is 0 Å². The lowest BCUT2D eigenvalue weighted by Crippen LogP contribution is -2.43. The van der Waals surface area contributed by atoms with E-state index in [9.17, 15) is 9.59 Å². The second-order valence-corrected chi connectivity index (χ2v) is 8.39. The van der Waals surface area contributed by atoms with Crippen LogP contribution in [0, 0.1) is 5.92 Å². The van der Waals surface area contributed by atoms with Gasteiger partial charge < -0.3 is 14.5 Å². The molecule has 0 atom stereocenters. The van der Waals surface area contributed by atoms with Gasteiger partial charge in [-0.3, -0.25) is 9.59 Å². The Morgan fingerprint density at radius 3 is 2.58 bits per heavy atom. The summed E-state index contributed by atoms with van der Waals surface area (Å²) in [6, 6.07) is 9.91. The van der Waals surface area contributed by atoms with Crippen molar-refractivity contribution in [1.29, 1.82) is 0 Å². The number of likely N-dealkylation sites (tertiary alicyclic amines) is 2. The lowest BCUT2D eigenvalue weighted by atomic mass is 9.95. The van der Waals surface area contributed by atoms with Gasteiger partial charge in [0.15, 0.2) is 0 Å². The van der Waals surface area contributed by atoms with Gasteiger partial charge in [-0.2, -0.15) is 0 Å². The summed E-state index contributed by atoms with van der Waals surface area (Å²) in [5, 5.41) is 1.01. The third-order valence-electron chi connectivity index (χ3n) is 6.14. The fourth-order valence-corrected chi connectivity index (χ4v) is 4.36. The van der Waals surface area contributed by atoms with E-state index in [1.807, 2.05) is 40.1 Å². The molecule has 2 saturated heterocycles. The highest BCUT2D eigenvalue weighted by molar-refractivity contribution is 5.93. The van der Waals surface area contributed by atoms with Crippen LogP contribution in [0.25, 0.3) is 17.0 Å². The van der Waals surface area contributed by atoms with Gasteiger partial charge in [-0.05, 0) is 50.3 Å². The summed E-state index contributed by atoms with van der Waals surface area (Å²) in [6.45, 7) is 5.67.